The van der Waals surface area contributed by atoms with Crippen LogP contribution >= 0.6 is 11.8 Å². The van der Waals surface area contributed by atoms with E-state index in [1.54, 1.807) is 12.1 Å². The molecule has 1 heterocycles. The van der Waals surface area contributed by atoms with Crippen molar-refractivity contribution in [1.29, 1.82) is 0 Å². The molecular weight excluding hydrogens is 437 g/mol. The van der Waals surface area contributed by atoms with Gasteiger partial charge in [0.2, 0.25) is 0 Å². The third kappa shape index (κ3) is 4.71. The highest BCUT2D eigenvalue weighted by Crippen LogP contribution is 2.51. The lowest BCUT2D eigenvalue weighted by Gasteiger charge is -2.37. The fourth-order valence-corrected chi connectivity index (χ4v) is 5.41. The second kappa shape index (κ2) is 10.3. The van der Waals surface area contributed by atoms with Gasteiger partial charge in [0, 0.05) is 12.7 Å². The molecule has 33 heavy (non-hydrogen) atoms. The highest BCUT2D eigenvalue weighted by atomic mass is 32.2. The summed E-state index contributed by atoms with van der Waals surface area (Å²) < 4.78 is 19.7. The summed E-state index contributed by atoms with van der Waals surface area (Å²) in [5, 5.41) is 6.85. The molecule has 0 saturated carbocycles. The molecular formula is C26H26FN3O2S. The summed E-state index contributed by atoms with van der Waals surface area (Å²) in [7, 11) is 1.51. The van der Waals surface area contributed by atoms with Crippen molar-refractivity contribution in [3.63, 3.8) is 0 Å². The van der Waals surface area contributed by atoms with Gasteiger partial charge in [0.25, 0.3) is 5.91 Å². The standard InChI is InChI=1S/C26H26FN3O2S/c1-32-23(19-10-4-2-5-11-19)25(31)30-26(16-9-17-28,21-13-6-3-7-14-21)33-24(29-30)20-12-8-15-22(27)18-20/h2-8,10-15,18,23H,9,16-17,28H2,1H3/t23-,26+/m1/s1. The van der Waals surface area contributed by atoms with Crippen LogP contribution in [-0.2, 0) is 14.4 Å². The lowest BCUT2D eigenvalue weighted by Crippen LogP contribution is -2.44. The maximum atomic E-state index is 14.0. The van der Waals surface area contributed by atoms with Gasteiger partial charge >= 0.3 is 0 Å². The third-order valence-electron chi connectivity index (χ3n) is 5.59. The van der Waals surface area contributed by atoms with Crippen LogP contribution in [0.25, 0.3) is 0 Å². The molecule has 0 bridgehead atoms. The first-order valence-electron chi connectivity index (χ1n) is 10.8. The average Bonchev–Trinajstić information content (AvgIpc) is 3.25. The number of hydrogen-bond acceptors (Lipinski definition) is 5. The average molecular weight is 464 g/mol. The molecule has 2 N–H and O–H groups in total. The van der Waals surface area contributed by atoms with Gasteiger partial charge in [-0.1, -0.05) is 84.6 Å². The molecule has 1 amide bonds. The summed E-state index contributed by atoms with van der Waals surface area (Å²) in [6.45, 7) is 0.471. The normalized spacial score (nSPS) is 18.8. The molecule has 0 saturated heterocycles. The van der Waals surface area contributed by atoms with Crippen LogP contribution in [0.5, 0.6) is 0 Å². The first-order valence-corrected chi connectivity index (χ1v) is 11.6. The minimum Gasteiger partial charge on any atom is -0.367 e. The minimum atomic E-state index is -0.830. The number of carbonyl (C=O) groups excluding carboxylic acids is 1. The molecule has 0 spiro atoms. The number of amides is 1. The van der Waals surface area contributed by atoms with Crippen LogP contribution in [0.1, 0.15) is 35.6 Å². The molecule has 7 heteroatoms. The van der Waals surface area contributed by atoms with E-state index in [0.717, 1.165) is 11.1 Å². The molecule has 0 aliphatic carbocycles. The highest BCUT2D eigenvalue weighted by Gasteiger charge is 2.49. The number of rotatable bonds is 8. The Bertz CT molecular complexity index is 1130. The second-order valence-electron chi connectivity index (χ2n) is 7.74. The molecule has 1 aliphatic heterocycles. The van der Waals surface area contributed by atoms with Crippen LogP contribution < -0.4 is 5.73 Å². The third-order valence-corrected chi connectivity index (χ3v) is 7.05. The number of nitrogens with zero attached hydrogens (tertiary/aromatic N) is 2. The maximum Gasteiger partial charge on any atom is 0.278 e. The van der Waals surface area contributed by atoms with Crippen molar-refractivity contribution in [3.8, 4) is 0 Å². The van der Waals surface area contributed by atoms with Gasteiger partial charge in [-0.15, -0.1) is 0 Å². The van der Waals surface area contributed by atoms with E-state index in [-0.39, 0.29) is 11.7 Å². The van der Waals surface area contributed by atoms with E-state index in [4.69, 9.17) is 15.6 Å². The van der Waals surface area contributed by atoms with Crippen molar-refractivity contribution in [1.82, 2.24) is 5.01 Å². The van der Waals surface area contributed by atoms with Gasteiger partial charge in [0.05, 0.1) is 0 Å². The minimum absolute atomic E-state index is 0.288. The first kappa shape index (κ1) is 23.2. The fourth-order valence-electron chi connectivity index (χ4n) is 4.00. The largest absolute Gasteiger partial charge is 0.367 e. The Morgan fingerprint density at radius 1 is 1.09 bits per heavy atom. The van der Waals surface area contributed by atoms with Crippen LogP contribution in [0.2, 0.25) is 0 Å². The van der Waals surface area contributed by atoms with Crippen molar-refractivity contribution in [2.45, 2.75) is 23.8 Å². The smallest absolute Gasteiger partial charge is 0.278 e. The van der Waals surface area contributed by atoms with E-state index < -0.39 is 11.0 Å². The molecule has 0 radical (unpaired) electrons. The number of halogens is 1. The molecule has 3 aromatic carbocycles. The monoisotopic (exact) mass is 463 g/mol. The SMILES string of the molecule is CO[C@@H](C(=O)N1N=C(c2cccc(F)c2)S[C@@]1(CCCN)c1ccccc1)c1ccccc1. The van der Waals surface area contributed by atoms with Crippen molar-refractivity contribution in [2.75, 3.05) is 13.7 Å². The summed E-state index contributed by atoms with van der Waals surface area (Å²) in [6.07, 6.45) is 0.432. The van der Waals surface area contributed by atoms with E-state index in [9.17, 15) is 9.18 Å². The van der Waals surface area contributed by atoms with E-state index in [1.165, 1.54) is 36.0 Å². The summed E-state index contributed by atoms with van der Waals surface area (Å²) in [5.74, 6) is -0.643. The molecule has 2 atom stereocenters. The Balaban J connectivity index is 1.84. The number of carbonyl (C=O) groups is 1. The van der Waals surface area contributed by atoms with Gasteiger partial charge in [-0.3, -0.25) is 4.79 Å². The van der Waals surface area contributed by atoms with Crippen molar-refractivity contribution in [2.24, 2.45) is 10.8 Å². The predicted octanol–water partition coefficient (Wildman–Crippen LogP) is 5.04. The molecule has 0 unspecified atom stereocenters. The van der Waals surface area contributed by atoms with E-state index >= 15 is 0 Å². The summed E-state index contributed by atoms with van der Waals surface area (Å²) in [6, 6.07) is 25.4. The quantitative estimate of drug-likeness (QED) is 0.508. The first-order chi connectivity index (χ1) is 16.1. The fraction of sp³-hybridized carbons (Fsp3) is 0.231. The van der Waals surface area contributed by atoms with Gasteiger partial charge in [-0.05, 0) is 42.6 Å². The Morgan fingerprint density at radius 2 is 1.79 bits per heavy atom. The van der Waals surface area contributed by atoms with E-state index in [1.807, 2.05) is 60.7 Å². The zero-order valence-electron chi connectivity index (χ0n) is 18.4. The van der Waals surface area contributed by atoms with E-state index in [2.05, 4.69) is 0 Å². The van der Waals surface area contributed by atoms with Gasteiger partial charge in [-0.2, -0.15) is 5.10 Å². The molecule has 3 aromatic rings. The van der Waals surface area contributed by atoms with Crippen molar-refractivity contribution >= 4 is 22.7 Å². The summed E-state index contributed by atoms with van der Waals surface area (Å²) >= 11 is 1.45. The molecule has 5 nitrogen and oxygen atoms in total. The Morgan fingerprint density at radius 3 is 2.42 bits per heavy atom. The molecule has 1 aliphatic rings. The summed E-state index contributed by atoms with van der Waals surface area (Å²) in [5.41, 5.74) is 8.17. The van der Waals surface area contributed by atoms with Gasteiger partial charge in [-0.25, -0.2) is 9.40 Å². The van der Waals surface area contributed by atoms with Crippen LogP contribution in [0.3, 0.4) is 0 Å². The van der Waals surface area contributed by atoms with Gasteiger partial charge < -0.3 is 10.5 Å². The highest BCUT2D eigenvalue weighted by molar-refractivity contribution is 8.15. The molecule has 170 valence electrons. The van der Waals surface area contributed by atoms with Gasteiger partial charge in [0.15, 0.2) is 6.10 Å². The molecule has 4 rings (SSSR count). The van der Waals surface area contributed by atoms with Crippen molar-refractivity contribution < 1.29 is 13.9 Å². The van der Waals surface area contributed by atoms with Gasteiger partial charge in [0.1, 0.15) is 15.7 Å². The van der Waals surface area contributed by atoms with Crippen LogP contribution in [0.15, 0.2) is 90.0 Å². The number of nitrogens with two attached hydrogens (primary N) is 1. The zero-order valence-corrected chi connectivity index (χ0v) is 19.2. The number of thioether (sulfide) groups is 1. The number of hydrazone groups is 1. The number of methoxy groups -OCH3 is 1. The topological polar surface area (TPSA) is 67.9 Å². The second-order valence-corrected chi connectivity index (χ2v) is 9.00. The van der Waals surface area contributed by atoms with Crippen LogP contribution in [-0.4, -0.2) is 29.6 Å². The zero-order chi connectivity index (χ0) is 23.3. The predicted molar refractivity (Wildman–Crippen MR) is 130 cm³/mol. The molecule has 0 fully saturated rings. The lowest BCUT2D eigenvalue weighted by molar-refractivity contribution is -0.146. The Hall–Kier alpha value is -3.00. The van der Waals surface area contributed by atoms with E-state index in [0.29, 0.717) is 30.0 Å². The molecule has 0 aromatic heterocycles. The lowest BCUT2D eigenvalue weighted by atomic mass is 9.99. The van der Waals surface area contributed by atoms with Crippen LogP contribution in [0, 0.1) is 5.82 Å². The number of benzene rings is 3. The number of ether oxygens (including phenoxy) is 1. The van der Waals surface area contributed by atoms with Crippen molar-refractivity contribution in [3.05, 3.63) is 107 Å². The number of hydrogen-bond donors (Lipinski definition) is 1. The Labute approximate surface area is 197 Å². The summed E-state index contributed by atoms with van der Waals surface area (Å²) in [4.78, 5) is 13.1. The maximum absolute atomic E-state index is 14.0. The Kier molecular flexibility index (Phi) is 7.23. The van der Waals surface area contributed by atoms with Crippen LogP contribution in [0.4, 0.5) is 4.39 Å².